The zero-order chi connectivity index (χ0) is 15.4. The molecule has 2 rings (SSSR count). The lowest BCUT2D eigenvalue weighted by atomic mass is 9.89. The number of methoxy groups -OCH3 is 1. The highest BCUT2D eigenvalue weighted by molar-refractivity contribution is 6.30. The van der Waals surface area contributed by atoms with Gasteiger partial charge in [0, 0.05) is 23.0 Å². The molecule has 2 aromatic rings. The number of nitrogens with two attached hydrogens (primary N) is 1. The van der Waals surface area contributed by atoms with E-state index in [1.807, 2.05) is 6.07 Å². The fraction of sp³-hybridized carbons (Fsp3) is 0.250. The fourth-order valence-corrected chi connectivity index (χ4v) is 2.46. The van der Waals surface area contributed by atoms with Gasteiger partial charge in [-0.25, -0.2) is 4.39 Å². The largest absolute Gasteiger partial charge is 0.497 e. The molecule has 2 atom stereocenters. The SMILES string of the molecule is COc1cccc(C(CN)C(O)c2cc(Cl)ccc2F)c1. The van der Waals surface area contributed by atoms with Gasteiger partial charge >= 0.3 is 0 Å². The van der Waals surface area contributed by atoms with E-state index in [0.29, 0.717) is 10.8 Å². The highest BCUT2D eigenvalue weighted by Gasteiger charge is 2.24. The molecule has 0 fully saturated rings. The lowest BCUT2D eigenvalue weighted by Gasteiger charge is -2.23. The molecule has 0 saturated carbocycles. The Bertz CT molecular complexity index is 621. The molecule has 0 aliphatic carbocycles. The highest BCUT2D eigenvalue weighted by atomic mass is 35.5. The van der Waals surface area contributed by atoms with Crippen LogP contribution in [0, 0.1) is 5.82 Å². The molecule has 0 aliphatic heterocycles. The van der Waals surface area contributed by atoms with Gasteiger partial charge in [0.1, 0.15) is 11.6 Å². The first-order chi connectivity index (χ1) is 10.1. The third-order valence-corrected chi connectivity index (χ3v) is 3.67. The van der Waals surface area contributed by atoms with Crippen LogP contribution in [-0.2, 0) is 0 Å². The minimum absolute atomic E-state index is 0.140. The second-order valence-electron chi connectivity index (χ2n) is 4.73. The third kappa shape index (κ3) is 3.53. The van der Waals surface area contributed by atoms with Crippen molar-refractivity contribution in [3.63, 3.8) is 0 Å². The summed E-state index contributed by atoms with van der Waals surface area (Å²) in [5, 5.41) is 10.9. The second-order valence-corrected chi connectivity index (χ2v) is 5.17. The summed E-state index contributed by atoms with van der Waals surface area (Å²) in [6.45, 7) is 0.167. The van der Waals surface area contributed by atoms with Gasteiger partial charge in [0.2, 0.25) is 0 Å². The number of hydrogen-bond donors (Lipinski definition) is 2. The summed E-state index contributed by atoms with van der Waals surface area (Å²) in [7, 11) is 1.56. The van der Waals surface area contributed by atoms with Gasteiger partial charge in [0.05, 0.1) is 13.2 Å². The molecule has 2 unspecified atom stereocenters. The monoisotopic (exact) mass is 309 g/mol. The first-order valence-electron chi connectivity index (χ1n) is 6.54. The first-order valence-corrected chi connectivity index (χ1v) is 6.91. The Morgan fingerprint density at radius 2 is 2.05 bits per heavy atom. The predicted octanol–water partition coefficient (Wildman–Crippen LogP) is 3.26. The number of halogens is 2. The van der Waals surface area contributed by atoms with Crippen molar-refractivity contribution in [2.75, 3.05) is 13.7 Å². The van der Waals surface area contributed by atoms with Gasteiger partial charge in [0.25, 0.3) is 0 Å². The van der Waals surface area contributed by atoms with Gasteiger partial charge in [-0.3, -0.25) is 0 Å². The van der Waals surface area contributed by atoms with Gasteiger partial charge in [0.15, 0.2) is 0 Å². The average Bonchev–Trinajstić information content (AvgIpc) is 2.50. The molecule has 3 N–H and O–H groups in total. The van der Waals surface area contributed by atoms with Crippen molar-refractivity contribution >= 4 is 11.6 Å². The van der Waals surface area contributed by atoms with Crippen LogP contribution in [0.25, 0.3) is 0 Å². The number of aliphatic hydroxyl groups excluding tert-OH is 1. The zero-order valence-corrected chi connectivity index (χ0v) is 12.3. The topological polar surface area (TPSA) is 55.5 Å². The van der Waals surface area contributed by atoms with Crippen LogP contribution in [-0.4, -0.2) is 18.8 Å². The molecule has 21 heavy (non-hydrogen) atoms. The molecule has 0 saturated heterocycles. The van der Waals surface area contributed by atoms with E-state index >= 15 is 0 Å². The van der Waals surface area contributed by atoms with Crippen LogP contribution < -0.4 is 10.5 Å². The van der Waals surface area contributed by atoms with Crippen LogP contribution in [0.3, 0.4) is 0 Å². The maximum atomic E-state index is 13.9. The van der Waals surface area contributed by atoms with Crippen LogP contribution >= 0.6 is 11.6 Å². The van der Waals surface area contributed by atoms with E-state index in [1.54, 1.807) is 25.3 Å². The molecule has 0 amide bonds. The lowest BCUT2D eigenvalue weighted by Crippen LogP contribution is -2.21. The number of aliphatic hydroxyl groups is 1. The van der Waals surface area contributed by atoms with Crippen molar-refractivity contribution in [1.29, 1.82) is 0 Å². The molecule has 0 radical (unpaired) electrons. The van der Waals surface area contributed by atoms with Crippen molar-refractivity contribution in [2.24, 2.45) is 5.73 Å². The molecule has 3 nitrogen and oxygen atoms in total. The lowest BCUT2D eigenvalue weighted by molar-refractivity contribution is 0.143. The van der Waals surface area contributed by atoms with Crippen molar-refractivity contribution in [3.05, 3.63) is 64.4 Å². The Balaban J connectivity index is 2.37. The van der Waals surface area contributed by atoms with Gasteiger partial charge in [-0.1, -0.05) is 23.7 Å². The van der Waals surface area contributed by atoms with Crippen LogP contribution in [0.2, 0.25) is 5.02 Å². The van der Waals surface area contributed by atoms with Gasteiger partial charge in [-0.2, -0.15) is 0 Å². The summed E-state index contributed by atoms with van der Waals surface area (Å²) in [5.41, 5.74) is 6.69. The number of hydrogen-bond acceptors (Lipinski definition) is 3. The molecule has 0 aliphatic rings. The highest BCUT2D eigenvalue weighted by Crippen LogP contribution is 2.34. The summed E-state index contributed by atoms with van der Waals surface area (Å²) in [6.07, 6.45) is -1.08. The molecular weight excluding hydrogens is 293 g/mol. The predicted molar refractivity (Wildman–Crippen MR) is 81.2 cm³/mol. The molecule has 0 aromatic heterocycles. The maximum absolute atomic E-state index is 13.9. The fourth-order valence-electron chi connectivity index (χ4n) is 2.28. The van der Waals surface area contributed by atoms with E-state index in [-0.39, 0.29) is 12.1 Å². The summed E-state index contributed by atoms with van der Waals surface area (Å²) in [6, 6.07) is 11.3. The minimum Gasteiger partial charge on any atom is -0.497 e. The summed E-state index contributed by atoms with van der Waals surface area (Å²) in [5.74, 6) is -0.300. The number of benzene rings is 2. The standard InChI is InChI=1S/C16H17ClFNO2/c1-21-12-4-2-3-10(7-12)14(9-19)16(20)13-8-11(17)5-6-15(13)18/h2-8,14,16,20H,9,19H2,1H3. The average molecular weight is 310 g/mol. The van der Waals surface area contributed by atoms with Crippen molar-refractivity contribution < 1.29 is 14.2 Å². The Morgan fingerprint density at radius 1 is 1.29 bits per heavy atom. The minimum atomic E-state index is -1.08. The molecule has 112 valence electrons. The molecule has 5 heteroatoms. The van der Waals surface area contributed by atoms with Gasteiger partial charge < -0.3 is 15.6 Å². The third-order valence-electron chi connectivity index (χ3n) is 3.43. The van der Waals surface area contributed by atoms with Crippen LogP contribution in [0.5, 0.6) is 5.75 Å². The maximum Gasteiger partial charge on any atom is 0.129 e. The van der Waals surface area contributed by atoms with Crippen LogP contribution in [0.4, 0.5) is 4.39 Å². The number of ether oxygens (including phenoxy) is 1. The van der Waals surface area contributed by atoms with E-state index in [2.05, 4.69) is 0 Å². The van der Waals surface area contributed by atoms with Crippen LogP contribution in [0.1, 0.15) is 23.1 Å². The van der Waals surface area contributed by atoms with E-state index in [1.165, 1.54) is 18.2 Å². The number of rotatable bonds is 5. The molecule has 2 aromatic carbocycles. The van der Waals surface area contributed by atoms with Crippen molar-refractivity contribution in [3.8, 4) is 5.75 Å². The molecule has 0 spiro atoms. The van der Waals surface area contributed by atoms with Gasteiger partial charge in [-0.15, -0.1) is 0 Å². The summed E-state index contributed by atoms with van der Waals surface area (Å²) >= 11 is 5.87. The van der Waals surface area contributed by atoms with E-state index < -0.39 is 17.8 Å². The summed E-state index contributed by atoms with van der Waals surface area (Å²) < 4.78 is 19.1. The van der Waals surface area contributed by atoms with Gasteiger partial charge in [-0.05, 0) is 35.9 Å². The van der Waals surface area contributed by atoms with Crippen LogP contribution in [0.15, 0.2) is 42.5 Å². The van der Waals surface area contributed by atoms with Crippen molar-refractivity contribution in [2.45, 2.75) is 12.0 Å². The Labute approximate surface area is 128 Å². The molecular formula is C16H17ClFNO2. The second kappa shape index (κ2) is 6.89. The normalized spacial score (nSPS) is 13.8. The zero-order valence-electron chi connectivity index (χ0n) is 11.6. The Kier molecular flexibility index (Phi) is 5.17. The van der Waals surface area contributed by atoms with E-state index in [9.17, 15) is 9.50 Å². The molecule has 0 heterocycles. The smallest absolute Gasteiger partial charge is 0.129 e. The van der Waals surface area contributed by atoms with Crippen molar-refractivity contribution in [1.82, 2.24) is 0 Å². The Morgan fingerprint density at radius 3 is 2.71 bits per heavy atom. The molecule has 0 bridgehead atoms. The Hall–Kier alpha value is -1.62. The first kappa shape index (κ1) is 15.8. The van der Waals surface area contributed by atoms with E-state index in [0.717, 1.165) is 5.56 Å². The van der Waals surface area contributed by atoms with E-state index in [4.69, 9.17) is 22.1 Å². The summed E-state index contributed by atoms with van der Waals surface area (Å²) in [4.78, 5) is 0. The quantitative estimate of drug-likeness (QED) is 0.891.